The molecule has 0 atom stereocenters. The van der Waals surface area contributed by atoms with Gasteiger partial charge in [0.1, 0.15) is 11.5 Å². The average Bonchev–Trinajstić information content (AvgIpc) is 2.70. The van der Waals surface area contributed by atoms with Gasteiger partial charge in [-0.3, -0.25) is 4.79 Å². The highest BCUT2D eigenvalue weighted by molar-refractivity contribution is 9.11. The molecule has 0 bridgehead atoms. The van der Waals surface area contributed by atoms with Crippen molar-refractivity contribution in [2.24, 2.45) is 0 Å². The first-order valence-corrected chi connectivity index (χ1v) is 6.34. The van der Waals surface area contributed by atoms with Gasteiger partial charge in [-0.2, -0.15) is 0 Å². The number of nitrogens with one attached hydrogen (secondary N) is 1. The Kier molecular flexibility index (Phi) is 3.44. The Bertz CT molecular complexity index is 550. The zero-order chi connectivity index (χ0) is 12.4. The SMILES string of the molecule is Nc1cccc(F)c1NC(=O)c1csc(Br)c1. The number of benzene rings is 1. The smallest absolute Gasteiger partial charge is 0.256 e. The second-order valence-corrected chi connectivity index (χ2v) is 5.59. The first-order chi connectivity index (χ1) is 8.08. The number of thiophene rings is 1. The van der Waals surface area contributed by atoms with E-state index in [1.54, 1.807) is 11.4 Å². The maximum atomic E-state index is 13.4. The van der Waals surface area contributed by atoms with Crippen LogP contribution < -0.4 is 11.1 Å². The summed E-state index contributed by atoms with van der Waals surface area (Å²) in [5, 5.41) is 4.13. The molecule has 2 rings (SSSR count). The van der Waals surface area contributed by atoms with Crippen molar-refractivity contribution in [3.8, 4) is 0 Å². The molecular formula is C11H8BrFN2OS. The molecule has 2 aromatic rings. The summed E-state index contributed by atoms with van der Waals surface area (Å²) in [6.45, 7) is 0. The zero-order valence-corrected chi connectivity index (χ0v) is 10.9. The van der Waals surface area contributed by atoms with Gasteiger partial charge in [0.15, 0.2) is 0 Å². The number of hydrogen-bond acceptors (Lipinski definition) is 3. The molecule has 1 heterocycles. The van der Waals surface area contributed by atoms with Gasteiger partial charge in [0.25, 0.3) is 5.91 Å². The summed E-state index contributed by atoms with van der Waals surface area (Å²) in [6, 6.07) is 5.93. The van der Waals surface area contributed by atoms with E-state index in [0.717, 1.165) is 3.79 Å². The van der Waals surface area contributed by atoms with Gasteiger partial charge in [-0.15, -0.1) is 11.3 Å². The summed E-state index contributed by atoms with van der Waals surface area (Å²) in [5.74, 6) is -0.934. The van der Waals surface area contributed by atoms with Crippen LogP contribution in [0, 0.1) is 5.82 Å². The molecule has 1 amide bonds. The van der Waals surface area contributed by atoms with Gasteiger partial charge in [-0.05, 0) is 34.1 Å². The van der Waals surface area contributed by atoms with Gasteiger partial charge in [-0.25, -0.2) is 4.39 Å². The van der Waals surface area contributed by atoms with Crippen molar-refractivity contribution in [2.45, 2.75) is 0 Å². The first kappa shape index (κ1) is 12.1. The Hall–Kier alpha value is -1.40. The zero-order valence-electron chi connectivity index (χ0n) is 8.54. The highest BCUT2D eigenvalue weighted by Crippen LogP contribution is 2.25. The molecule has 88 valence electrons. The fraction of sp³-hybridized carbons (Fsp3) is 0. The van der Waals surface area contributed by atoms with Gasteiger partial charge >= 0.3 is 0 Å². The Morgan fingerprint density at radius 1 is 1.47 bits per heavy atom. The number of nitrogens with two attached hydrogens (primary N) is 1. The van der Waals surface area contributed by atoms with Crippen molar-refractivity contribution in [1.82, 2.24) is 0 Å². The third kappa shape index (κ3) is 2.65. The number of hydrogen-bond donors (Lipinski definition) is 2. The molecule has 0 saturated carbocycles. The predicted octanol–water partition coefficient (Wildman–Crippen LogP) is 3.48. The minimum absolute atomic E-state index is 0.0137. The fourth-order valence-electron chi connectivity index (χ4n) is 1.29. The summed E-state index contributed by atoms with van der Waals surface area (Å²) < 4.78 is 14.3. The molecule has 0 aliphatic heterocycles. The third-order valence-corrected chi connectivity index (χ3v) is 3.62. The third-order valence-electron chi connectivity index (χ3n) is 2.11. The van der Waals surface area contributed by atoms with E-state index in [0.29, 0.717) is 5.56 Å². The lowest BCUT2D eigenvalue weighted by Gasteiger charge is -2.07. The molecule has 0 unspecified atom stereocenters. The number of halogens is 2. The lowest BCUT2D eigenvalue weighted by molar-refractivity contribution is 0.102. The van der Waals surface area contributed by atoms with Crippen LogP contribution in [0.1, 0.15) is 10.4 Å². The standard InChI is InChI=1S/C11H8BrFN2OS/c12-9-4-6(5-17-9)11(16)15-10-7(13)2-1-3-8(10)14/h1-5H,14H2,(H,15,16). The maximum absolute atomic E-state index is 13.4. The van der Waals surface area contributed by atoms with Crippen molar-refractivity contribution in [3.63, 3.8) is 0 Å². The van der Waals surface area contributed by atoms with Crippen LogP contribution in [0.4, 0.5) is 15.8 Å². The highest BCUT2D eigenvalue weighted by atomic mass is 79.9. The number of para-hydroxylation sites is 1. The lowest BCUT2D eigenvalue weighted by Crippen LogP contribution is -2.13. The molecular weight excluding hydrogens is 307 g/mol. The van der Waals surface area contributed by atoms with Crippen LogP contribution in [-0.4, -0.2) is 5.91 Å². The molecule has 0 radical (unpaired) electrons. The van der Waals surface area contributed by atoms with Gasteiger partial charge in [0.05, 0.1) is 15.0 Å². The van der Waals surface area contributed by atoms with Crippen molar-refractivity contribution in [2.75, 3.05) is 11.1 Å². The molecule has 0 aliphatic rings. The molecule has 0 saturated heterocycles. The monoisotopic (exact) mass is 314 g/mol. The van der Waals surface area contributed by atoms with Crippen molar-refractivity contribution in [3.05, 3.63) is 44.8 Å². The predicted molar refractivity (Wildman–Crippen MR) is 70.8 cm³/mol. The number of amides is 1. The molecule has 3 N–H and O–H groups in total. The van der Waals surface area contributed by atoms with E-state index in [2.05, 4.69) is 21.2 Å². The minimum Gasteiger partial charge on any atom is -0.397 e. The van der Waals surface area contributed by atoms with Crippen LogP contribution in [0.3, 0.4) is 0 Å². The van der Waals surface area contributed by atoms with E-state index in [-0.39, 0.29) is 17.3 Å². The van der Waals surface area contributed by atoms with Crippen LogP contribution in [-0.2, 0) is 0 Å². The Morgan fingerprint density at radius 2 is 2.24 bits per heavy atom. The van der Waals surface area contributed by atoms with Crippen molar-refractivity contribution >= 4 is 44.5 Å². The lowest BCUT2D eigenvalue weighted by atomic mass is 10.2. The summed E-state index contributed by atoms with van der Waals surface area (Å²) >= 11 is 4.64. The van der Waals surface area contributed by atoms with Crippen molar-refractivity contribution in [1.29, 1.82) is 0 Å². The Labute approximate surface area is 110 Å². The molecule has 6 heteroatoms. The largest absolute Gasteiger partial charge is 0.397 e. The molecule has 17 heavy (non-hydrogen) atoms. The van der Waals surface area contributed by atoms with E-state index in [1.165, 1.54) is 29.5 Å². The normalized spacial score (nSPS) is 10.2. The minimum atomic E-state index is -0.548. The average molecular weight is 315 g/mol. The van der Waals surface area contributed by atoms with E-state index >= 15 is 0 Å². The second kappa shape index (κ2) is 4.85. The van der Waals surface area contributed by atoms with Gasteiger partial charge < -0.3 is 11.1 Å². The van der Waals surface area contributed by atoms with E-state index in [9.17, 15) is 9.18 Å². The first-order valence-electron chi connectivity index (χ1n) is 4.67. The summed E-state index contributed by atoms with van der Waals surface area (Å²) in [6.07, 6.45) is 0. The number of nitrogen functional groups attached to an aromatic ring is 1. The summed E-state index contributed by atoms with van der Waals surface area (Å²) in [7, 11) is 0. The second-order valence-electron chi connectivity index (χ2n) is 3.30. The van der Waals surface area contributed by atoms with E-state index in [4.69, 9.17) is 5.73 Å². The van der Waals surface area contributed by atoms with Gasteiger partial charge in [0.2, 0.25) is 0 Å². The van der Waals surface area contributed by atoms with Crippen LogP contribution in [0.15, 0.2) is 33.4 Å². The molecule has 0 fully saturated rings. The number of rotatable bonds is 2. The van der Waals surface area contributed by atoms with Crippen molar-refractivity contribution < 1.29 is 9.18 Å². The van der Waals surface area contributed by atoms with E-state index < -0.39 is 5.82 Å². The molecule has 0 aliphatic carbocycles. The number of carbonyl (C=O) groups is 1. The van der Waals surface area contributed by atoms with Crippen LogP contribution >= 0.6 is 27.3 Å². The fourth-order valence-corrected chi connectivity index (χ4v) is 2.42. The Morgan fingerprint density at radius 3 is 2.82 bits per heavy atom. The number of carbonyl (C=O) groups excluding carboxylic acids is 1. The van der Waals surface area contributed by atoms with E-state index in [1.807, 2.05) is 0 Å². The topological polar surface area (TPSA) is 55.1 Å². The van der Waals surface area contributed by atoms with Crippen LogP contribution in [0.5, 0.6) is 0 Å². The molecule has 1 aromatic heterocycles. The quantitative estimate of drug-likeness (QED) is 0.834. The molecule has 1 aromatic carbocycles. The maximum Gasteiger partial charge on any atom is 0.256 e. The molecule has 3 nitrogen and oxygen atoms in total. The highest BCUT2D eigenvalue weighted by Gasteiger charge is 2.12. The summed E-state index contributed by atoms with van der Waals surface area (Å²) in [5.41, 5.74) is 6.27. The Balaban J connectivity index is 2.24. The number of anilines is 2. The van der Waals surface area contributed by atoms with Gasteiger partial charge in [0, 0.05) is 5.38 Å². The van der Waals surface area contributed by atoms with Gasteiger partial charge in [-0.1, -0.05) is 6.07 Å². The summed E-state index contributed by atoms with van der Waals surface area (Å²) in [4.78, 5) is 11.8. The van der Waals surface area contributed by atoms with Crippen LogP contribution in [0.25, 0.3) is 0 Å². The van der Waals surface area contributed by atoms with Crippen LogP contribution in [0.2, 0.25) is 0 Å². The molecule has 0 spiro atoms.